The Hall–Kier alpha value is -1.78. The number of rotatable bonds is 7. The van der Waals surface area contributed by atoms with Crippen LogP contribution in [-0.4, -0.2) is 28.0 Å². The van der Waals surface area contributed by atoms with E-state index < -0.39 is 5.97 Å². The zero-order valence-corrected chi connectivity index (χ0v) is 13.2. The first-order valence-corrected chi connectivity index (χ1v) is 8.22. The van der Waals surface area contributed by atoms with Crippen LogP contribution in [0.2, 0.25) is 0 Å². The number of amides is 1. The fourth-order valence-corrected chi connectivity index (χ4v) is 3.32. The number of nitrogens with one attached hydrogen (secondary N) is 2. The van der Waals surface area contributed by atoms with Gasteiger partial charge in [-0.2, -0.15) is 0 Å². The number of aromatic nitrogens is 1. The Bertz CT molecular complexity index is 504. The quantitative estimate of drug-likeness (QED) is 0.723. The van der Waals surface area contributed by atoms with Gasteiger partial charge in [0.05, 0.1) is 5.56 Å². The van der Waals surface area contributed by atoms with Crippen molar-refractivity contribution in [2.45, 2.75) is 64.3 Å². The highest BCUT2D eigenvalue weighted by molar-refractivity contribution is 5.95. The van der Waals surface area contributed by atoms with Gasteiger partial charge in [-0.25, -0.2) is 0 Å². The molecule has 1 aliphatic carbocycles. The highest BCUT2D eigenvalue weighted by Crippen LogP contribution is 2.28. The predicted molar refractivity (Wildman–Crippen MR) is 84.8 cm³/mol. The number of hydrogen-bond acceptors (Lipinski definition) is 2. The highest BCUT2D eigenvalue weighted by Gasteiger charge is 2.22. The lowest BCUT2D eigenvalue weighted by atomic mass is 9.84. The number of aryl methyl sites for hydroxylation is 1. The van der Waals surface area contributed by atoms with Crippen molar-refractivity contribution in [2.75, 3.05) is 0 Å². The topological polar surface area (TPSA) is 82.2 Å². The van der Waals surface area contributed by atoms with Crippen LogP contribution in [0.4, 0.5) is 0 Å². The van der Waals surface area contributed by atoms with Crippen molar-refractivity contribution >= 4 is 11.9 Å². The number of aliphatic carboxylic acids is 1. The molecule has 1 aromatic heterocycles. The van der Waals surface area contributed by atoms with Crippen LogP contribution in [0.15, 0.2) is 12.4 Å². The number of carboxylic acids is 1. The second-order valence-corrected chi connectivity index (χ2v) is 6.39. The maximum absolute atomic E-state index is 12.3. The SMILES string of the molecule is Cc1c[nH]cc1C(=O)NC(CCC(=O)O)CC1CCCCC1. The molecule has 1 unspecified atom stereocenters. The summed E-state index contributed by atoms with van der Waals surface area (Å²) in [4.78, 5) is 26.1. The van der Waals surface area contributed by atoms with Crippen LogP contribution in [0.25, 0.3) is 0 Å². The van der Waals surface area contributed by atoms with Gasteiger partial charge in [-0.15, -0.1) is 0 Å². The van der Waals surface area contributed by atoms with Gasteiger partial charge in [0.15, 0.2) is 0 Å². The predicted octanol–water partition coefficient (Wildman–Crippen LogP) is 3.26. The van der Waals surface area contributed by atoms with E-state index in [1.807, 2.05) is 6.92 Å². The first-order valence-electron chi connectivity index (χ1n) is 8.22. The number of carbonyl (C=O) groups is 2. The third-order valence-corrected chi connectivity index (χ3v) is 4.58. The van der Waals surface area contributed by atoms with E-state index in [0.717, 1.165) is 12.0 Å². The van der Waals surface area contributed by atoms with Gasteiger partial charge in [-0.05, 0) is 31.2 Å². The van der Waals surface area contributed by atoms with Crippen LogP contribution in [0.3, 0.4) is 0 Å². The minimum absolute atomic E-state index is 0.0546. The Balaban J connectivity index is 1.95. The zero-order valence-electron chi connectivity index (χ0n) is 13.2. The Labute approximate surface area is 131 Å². The molecule has 22 heavy (non-hydrogen) atoms. The smallest absolute Gasteiger partial charge is 0.303 e. The van der Waals surface area contributed by atoms with Gasteiger partial charge in [0, 0.05) is 24.9 Å². The van der Waals surface area contributed by atoms with Gasteiger partial charge in [0.2, 0.25) is 0 Å². The van der Waals surface area contributed by atoms with Crippen LogP contribution >= 0.6 is 0 Å². The molecule has 1 fully saturated rings. The maximum atomic E-state index is 12.3. The van der Waals surface area contributed by atoms with Crippen molar-refractivity contribution in [3.05, 3.63) is 23.5 Å². The van der Waals surface area contributed by atoms with Crippen molar-refractivity contribution in [3.8, 4) is 0 Å². The highest BCUT2D eigenvalue weighted by atomic mass is 16.4. The van der Waals surface area contributed by atoms with Crippen LogP contribution in [-0.2, 0) is 4.79 Å². The summed E-state index contributed by atoms with van der Waals surface area (Å²) in [6.45, 7) is 1.89. The molecule has 0 aromatic carbocycles. The lowest BCUT2D eigenvalue weighted by molar-refractivity contribution is -0.137. The van der Waals surface area contributed by atoms with E-state index in [9.17, 15) is 9.59 Å². The lowest BCUT2D eigenvalue weighted by Gasteiger charge is -2.27. The van der Waals surface area contributed by atoms with Crippen LogP contribution < -0.4 is 5.32 Å². The molecule has 1 amide bonds. The van der Waals surface area contributed by atoms with E-state index in [-0.39, 0.29) is 18.4 Å². The summed E-state index contributed by atoms with van der Waals surface area (Å²) in [6, 6.07) is -0.0546. The van der Waals surface area contributed by atoms with E-state index in [4.69, 9.17) is 5.11 Å². The zero-order chi connectivity index (χ0) is 15.9. The minimum Gasteiger partial charge on any atom is -0.481 e. The molecule has 0 spiro atoms. The van der Waals surface area contributed by atoms with Crippen molar-refractivity contribution in [2.24, 2.45) is 5.92 Å². The van der Waals surface area contributed by atoms with Crippen LogP contribution in [0, 0.1) is 12.8 Å². The normalized spacial score (nSPS) is 17.1. The average molecular weight is 306 g/mol. The van der Waals surface area contributed by atoms with Gasteiger partial charge in [-0.1, -0.05) is 32.1 Å². The maximum Gasteiger partial charge on any atom is 0.303 e. The fourth-order valence-electron chi connectivity index (χ4n) is 3.32. The third-order valence-electron chi connectivity index (χ3n) is 4.58. The van der Waals surface area contributed by atoms with Gasteiger partial charge >= 0.3 is 5.97 Å². The Morgan fingerprint density at radius 2 is 2.05 bits per heavy atom. The molecule has 5 nitrogen and oxygen atoms in total. The first kappa shape index (κ1) is 16.6. The molecule has 122 valence electrons. The molecule has 0 bridgehead atoms. The van der Waals surface area contributed by atoms with E-state index in [0.29, 0.717) is 17.9 Å². The summed E-state index contributed by atoms with van der Waals surface area (Å²) < 4.78 is 0. The molecular formula is C17H26N2O3. The molecule has 3 N–H and O–H groups in total. The number of H-pyrrole nitrogens is 1. The Morgan fingerprint density at radius 3 is 2.64 bits per heavy atom. The van der Waals surface area contributed by atoms with Gasteiger partial charge in [0.25, 0.3) is 5.91 Å². The summed E-state index contributed by atoms with van der Waals surface area (Å²) in [5.41, 5.74) is 1.55. The molecule has 1 aromatic rings. The van der Waals surface area contributed by atoms with Crippen molar-refractivity contribution in [3.63, 3.8) is 0 Å². The second kappa shape index (κ2) is 8.01. The third kappa shape index (κ3) is 4.90. The van der Waals surface area contributed by atoms with Gasteiger partial charge in [0.1, 0.15) is 0 Å². The van der Waals surface area contributed by atoms with Crippen LogP contribution in [0.5, 0.6) is 0 Å². The fraction of sp³-hybridized carbons (Fsp3) is 0.647. The molecule has 1 saturated carbocycles. The number of carbonyl (C=O) groups excluding carboxylic acids is 1. The molecule has 1 atom stereocenters. The van der Waals surface area contributed by atoms with E-state index in [2.05, 4.69) is 10.3 Å². The second-order valence-electron chi connectivity index (χ2n) is 6.39. The summed E-state index contributed by atoms with van der Waals surface area (Å²) in [6.07, 6.45) is 11.2. The minimum atomic E-state index is -0.805. The molecule has 1 aliphatic rings. The molecule has 5 heteroatoms. The monoisotopic (exact) mass is 306 g/mol. The van der Waals surface area contributed by atoms with E-state index in [1.165, 1.54) is 32.1 Å². The van der Waals surface area contributed by atoms with Crippen molar-refractivity contribution in [1.29, 1.82) is 0 Å². The summed E-state index contributed by atoms with van der Waals surface area (Å²) in [5.74, 6) is -0.300. The van der Waals surface area contributed by atoms with E-state index in [1.54, 1.807) is 12.4 Å². The molecule has 2 rings (SSSR count). The van der Waals surface area contributed by atoms with Crippen LogP contribution in [0.1, 0.15) is 67.3 Å². The van der Waals surface area contributed by atoms with Crippen molar-refractivity contribution < 1.29 is 14.7 Å². The van der Waals surface area contributed by atoms with Crippen molar-refractivity contribution in [1.82, 2.24) is 10.3 Å². The van der Waals surface area contributed by atoms with Gasteiger partial charge < -0.3 is 15.4 Å². The molecule has 0 saturated heterocycles. The number of aromatic amines is 1. The summed E-state index contributed by atoms with van der Waals surface area (Å²) in [7, 11) is 0. The summed E-state index contributed by atoms with van der Waals surface area (Å²) in [5, 5.41) is 12.0. The molecule has 0 radical (unpaired) electrons. The molecular weight excluding hydrogens is 280 g/mol. The Morgan fingerprint density at radius 1 is 1.32 bits per heavy atom. The lowest BCUT2D eigenvalue weighted by Crippen LogP contribution is -2.37. The van der Waals surface area contributed by atoms with Gasteiger partial charge in [-0.3, -0.25) is 9.59 Å². The van der Waals surface area contributed by atoms with E-state index >= 15 is 0 Å². The number of hydrogen-bond donors (Lipinski definition) is 3. The summed E-state index contributed by atoms with van der Waals surface area (Å²) >= 11 is 0. The average Bonchev–Trinajstić information content (AvgIpc) is 2.92. The largest absolute Gasteiger partial charge is 0.481 e. The first-order chi connectivity index (χ1) is 10.6. The number of carboxylic acid groups (broad SMARTS) is 1. The standard InChI is InChI=1S/C17H26N2O3/c1-12-10-18-11-15(12)17(22)19-14(7-8-16(20)21)9-13-5-3-2-4-6-13/h10-11,13-14,18H,2-9H2,1H3,(H,19,22)(H,20,21). The molecule has 0 aliphatic heterocycles. The Kier molecular flexibility index (Phi) is 6.04. The molecule has 1 heterocycles.